The minimum atomic E-state index is -0.419. The van der Waals surface area contributed by atoms with Gasteiger partial charge in [-0.15, -0.1) is 0 Å². The lowest BCUT2D eigenvalue weighted by Gasteiger charge is -2.30. The number of hydrogen-bond acceptors (Lipinski definition) is 4. The van der Waals surface area contributed by atoms with Crippen molar-refractivity contribution in [2.24, 2.45) is 0 Å². The summed E-state index contributed by atoms with van der Waals surface area (Å²) in [6.45, 7) is 4.61. The monoisotopic (exact) mass is 198 g/mol. The molecule has 0 aromatic carbocycles. The second kappa shape index (κ2) is 4.88. The zero-order valence-corrected chi connectivity index (χ0v) is 8.16. The summed E-state index contributed by atoms with van der Waals surface area (Å²) < 4.78 is 4.87. The lowest BCUT2D eigenvalue weighted by atomic mass is 10.2. The van der Waals surface area contributed by atoms with Crippen molar-refractivity contribution >= 4 is 11.8 Å². The van der Waals surface area contributed by atoms with Crippen LogP contribution in [-0.2, 0) is 14.3 Å². The van der Waals surface area contributed by atoms with E-state index >= 15 is 0 Å². The Hall–Kier alpha value is -1.20. The zero-order valence-electron chi connectivity index (χ0n) is 8.16. The Bertz CT molecular complexity index is 250. The number of nitrogens with zero attached hydrogens (tertiary/aromatic N) is 1. The average molecular weight is 198 g/mol. The largest absolute Gasteiger partial charge is 0.383 e. The molecule has 1 saturated heterocycles. The van der Waals surface area contributed by atoms with Crippen molar-refractivity contribution in [3.05, 3.63) is 12.7 Å². The fraction of sp³-hybridized carbons (Fsp3) is 0.556. The molecule has 1 atom stereocenters. The Morgan fingerprint density at radius 3 is 3.14 bits per heavy atom. The van der Waals surface area contributed by atoms with Crippen LogP contribution >= 0.6 is 0 Å². The number of hydrogen-bond donors (Lipinski definition) is 1. The maximum atomic E-state index is 11.6. The van der Waals surface area contributed by atoms with Gasteiger partial charge in [-0.3, -0.25) is 14.5 Å². The lowest BCUT2D eigenvalue weighted by molar-refractivity contribution is -0.146. The molecule has 5 heteroatoms. The number of imide groups is 1. The summed E-state index contributed by atoms with van der Waals surface area (Å²) >= 11 is 0. The van der Waals surface area contributed by atoms with E-state index < -0.39 is 6.04 Å². The molecule has 2 amide bonds. The maximum Gasteiger partial charge on any atom is 0.252 e. The second-order valence-electron chi connectivity index (χ2n) is 2.99. The highest BCUT2D eigenvalue weighted by Crippen LogP contribution is 2.02. The minimum Gasteiger partial charge on any atom is -0.383 e. The van der Waals surface area contributed by atoms with Crippen LogP contribution in [0.25, 0.3) is 0 Å². The van der Waals surface area contributed by atoms with E-state index in [1.54, 1.807) is 0 Å². The molecule has 0 unspecified atom stereocenters. The molecule has 5 nitrogen and oxygen atoms in total. The van der Waals surface area contributed by atoms with E-state index in [-0.39, 0.29) is 18.4 Å². The molecular weight excluding hydrogens is 184 g/mol. The van der Waals surface area contributed by atoms with Crippen LogP contribution in [0, 0.1) is 0 Å². The molecule has 1 heterocycles. The van der Waals surface area contributed by atoms with Crippen molar-refractivity contribution in [1.82, 2.24) is 10.2 Å². The topological polar surface area (TPSA) is 58.6 Å². The van der Waals surface area contributed by atoms with Crippen LogP contribution < -0.4 is 5.32 Å². The molecule has 1 fully saturated rings. The van der Waals surface area contributed by atoms with Crippen LogP contribution in [0.5, 0.6) is 0 Å². The first-order valence-corrected chi connectivity index (χ1v) is 4.40. The molecular formula is C9H14N2O3. The van der Waals surface area contributed by atoms with Crippen LogP contribution in [0.3, 0.4) is 0 Å². The highest BCUT2D eigenvalue weighted by atomic mass is 16.5. The van der Waals surface area contributed by atoms with Gasteiger partial charge in [0.1, 0.15) is 6.04 Å². The van der Waals surface area contributed by atoms with Gasteiger partial charge in [0.25, 0.3) is 5.91 Å². The number of amides is 2. The van der Waals surface area contributed by atoms with E-state index in [1.807, 2.05) is 0 Å². The third-order valence-corrected chi connectivity index (χ3v) is 2.06. The van der Waals surface area contributed by atoms with Crippen molar-refractivity contribution < 1.29 is 14.3 Å². The van der Waals surface area contributed by atoms with Gasteiger partial charge in [-0.1, -0.05) is 6.58 Å². The first-order chi connectivity index (χ1) is 6.70. The number of nitrogens with one attached hydrogen (secondary N) is 1. The summed E-state index contributed by atoms with van der Waals surface area (Å²) in [5.74, 6) is -0.597. The second-order valence-corrected chi connectivity index (χ2v) is 2.99. The van der Waals surface area contributed by atoms with Gasteiger partial charge in [0.05, 0.1) is 6.61 Å². The number of carbonyl (C=O) groups excluding carboxylic acids is 2. The highest BCUT2D eigenvalue weighted by Gasteiger charge is 2.30. The Morgan fingerprint density at radius 2 is 2.57 bits per heavy atom. The van der Waals surface area contributed by atoms with Gasteiger partial charge in [0, 0.05) is 20.2 Å². The van der Waals surface area contributed by atoms with Crippen molar-refractivity contribution in [3.8, 4) is 0 Å². The van der Waals surface area contributed by atoms with Gasteiger partial charge in [0.2, 0.25) is 5.91 Å². The van der Waals surface area contributed by atoms with E-state index in [4.69, 9.17) is 4.74 Å². The van der Waals surface area contributed by atoms with Gasteiger partial charge in [0.15, 0.2) is 0 Å². The molecule has 1 rings (SSSR count). The Balaban J connectivity index is 2.65. The number of ether oxygens (including phenoxy) is 1. The summed E-state index contributed by atoms with van der Waals surface area (Å²) in [6.07, 6.45) is 1.15. The third kappa shape index (κ3) is 2.18. The minimum absolute atomic E-state index is 0.247. The molecule has 78 valence electrons. The average Bonchev–Trinajstić information content (AvgIpc) is 2.20. The van der Waals surface area contributed by atoms with Crippen molar-refractivity contribution in [2.45, 2.75) is 6.04 Å². The number of rotatable bonds is 3. The van der Waals surface area contributed by atoms with Crippen molar-refractivity contribution in [2.75, 3.05) is 26.8 Å². The van der Waals surface area contributed by atoms with E-state index in [0.29, 0.717) is 13.1 Å². The maximum absolute atomic E-state index is 11.6. The van der Waals surface area contributed by atoms with E-state index in [1.165, 1.54) is 12.0 Å². The van der Waals surface area contributed by atoms with Crippen LogP contribution in [-0.4, -0.2) is 49.6 Å². The number of carbonyl (C=O) groups is 2. The zero-order chi connectivity index (χ0) is 10.6. The Morgan fingerprint density at radius 1 is 1.86 bits per heavy atom. The summed E-state index contributed by atoms with van der Waals surface area (Å²) in [7, 11) is 1.52. The molecule has 0 aliphatic carbocycles. The molecule has 14 heavy (non-hydrogen) atoms. The molecule has 1 aliphatic rings. The first kappa shape index (κ1) is 10.9. The molecule has 0 aromatic heterocycles. The summed E-state index contributed by atoms with van der Waals surface area (Å²) in [5.41, 5.74) is 0. The fourth-order valence-corrected chi connectivity index (χ4v) is 1.36. The van der Waals surface area contributed by atoms with Crippen LogP contribution in [0.4, 0.5) is 0 Å². The van der Waals surface area contributed by atoms with Gasteiger partial charge in [-0.2, -0.15) is 0 Å². The molecule has 0 radical (unpaired) electrons. The normalized spacial score (nSPS) is 22.2. The predicted molar refractivity (Wildman–Crippen MR) is 50.6 cm³/mol. The molecule has 0 bridgehead atoms. The Labute approximate surface area is 82.7 Å². The molecule has 0 spiro atoms. The smallest absolute Gasteiger partial charge is 0.252 e. The van der Waals surface area contributed by atoms with Gasteiger partial charge < -0.3 is 10.1 Å². The molecule has 1 N–H and O–H groups in total. The van der Waals surface area contributed by atoms with Gasteiger partial charge >= 0.3 is 0 Å². The SMILES string of the molecule is C=CC(=O)N1CCN[C@@H](COC)C1=O. The third-order valence-electron chi connectivity index (χ3n) is 2.06. The summed E-state index contributed by atoms with van der Waals surface area (Å²) in [6, 6.07) is -0.419. The van der Waals surface area contributed by atoms with Crippen LogP contribution in [0.2, 0.25) is 0 Å². The summed E-state index contributed by atoms with van der Waals surface area (Å²) in [5, 5.41) is 2.98. The van der Waals surface area contributed by atoms with E-state index in [2.05, 4.69) is 11.9 Å². The number of piperazine rings is 1. The molecule has 0 aromatic rings. The Kier molecular flexibility index (Phi) is 3.79. The molecule has 1 aliphatic heterocycles. The lowest BCUT2D eigenvalue weighted by Crippen LogP contribution is -2.58. The van der Waals surface area contributed by atoms with Crippen LogP contribution in [0.15, 0.2) is 12.7 Å². The van der Waals surface area contributed by atoms with Crippen molar-refractivity contribution in [1.29, 1.82) is 0 Å². The molecule has 0 saturated carbocycles. The first-order valence-electron chi connectivity index (χ1n) is 4.40. The quantitative estimate of drug-likeness (QED) is 0.600. The van der Waals surface area contributed by atoms with Gasteiger partial charge in [-0.25, -0.2) is 0 Å². The fourth-order valence-electron chi connectivity index (χ4n) is 1.36. The highest BCUT2D eigenvalue weighted by molar-refractivity contribution is 6.03. The van der Waals surface area contributed by atoms with Crippen LogP contribution in [0.1, 0.15) is 0 Å². The van der Waals surface area contributed by atoms with Gasteiger partial charge in [-0.05, 0) is 6.08 Å². The predicted octanol–water partition coefficient (Wildman–Crippen LogP) is -0.854. The van der Waals surface area contributed by atoms with E-state index in [9.17, 15) is 9.59 Å². The van der Waals surface area contributed by atoms with Crippen molar-refractivity contribution in [3.63, 3.8) is 0 Å². The van der Waals surface area contributed by atoms with E-state index in [0.717, 1.165) is 6.08 Å². The number of methoxy groups -OCH3 is 1. The summed E-state index contributed by atoms with van der Waals surface area (Å²) in [4.78, 5) is 24.1. The standard InChI is InChI=1S/C9H14N2O3/c1-3-8(12)11-5-4-10-7(6-14-2)9(11)13/h3,7,10H,1,4-6H2,2H3/t7-/m0/s1.